The van der Waals surface area contributed by atoms with Gasteiger partial charge in [0.25, 0.3) is 0 Å². The van der Waals surface area contributed by atoms with E-state index in [2.05, 4.69) is 6.07 Å². The molecule has 4 rings (SSSR count). The van der Waals surface area contributed by atoms with Crippen LogP contribution in [-0.4, -0.2) is 26.2 Å². The first-order chi connectivity index (χ1) is 16.9. The Morgan fingerprint density at radius 3 is 2.34 bits per heavy atom. The van der Waals surface area contributed by atoms with E-state index in [0.29, 0.717) is 22.6 Å². The Labute approximate surface area is 206 Å². The summed E-state index contributed by atoms with van der Waals surface area (Å²) in [6, 6.07) is 18.1. The van der Waals surface area contributed by atoms with Gasteiger partial charge >= 0.3 is 11.9 Å². The van der Waals surface area contributed by atoms with Crippen molar-refractivity contribution < 1.29 is 28.5 Å². The molecule has 0 bridgehead atoms. The molecular weight excluding hydrogens is 472 g/mol. The number of benzene rings is 3. The van der Waals surface area contributed by atoms with Crippen LogP contribution < -0.4 is 19.9 Å². The fourth-order valence-electron chi connectivity index (χ4n) is 3.73. The van der Waals surface area contributed by atoms with Crippen molar-refractivity contribution in [2.75, 3.05) is 14.2 Å². The second-order valence-corrected chi connectivity index (χ2v) is 7.88. The average Bonchev–Trinajstić information content (AvgIpc) is 2.87. The first kappa shape index (κ1) is 23.7. The second-order valence-electron chi connectivity index (χ2n) is 7.48. The number of rotatable bonds is 5. The van der Waals surface area contributed by atoms with E-state index in [9.17, 15) is 14.9 Å². The molecule has 9 heteroatoms. The van der Waals surface area contributed by atoms with E-state index >= 15 is 0 Å². The van der Waals surface area contributed by atoms with Crippen LogP contribution in [0.25, 0.3) is 0 Å². The highest BCUT2D eigenvalue weighted by molar-refractivity contribution is 6.32. The molecule has 176 valence electrons. The molecule has 1 aliphatic heterocycles. The molecule has 0 fully saturated rings. The highest BCUT2D eigenvalue weighted by Crippen LogP contribution is 2.43. The standard InChI is InChI=1S/C26H19ClN2O6/c1-32-21-10-7-16(11-20(21)27)26(31)34-17-8-9-18-22(12-17)35-24(29)19(13-28)23(18)14-3-5-15(6-4-14)25(30)33-2/h3-12,23H,29H2,1-2H3. The lowest BCUT2D eigenvalue weighted by atomic mass is 9.83. The molecule has 0 radical (unpaired) electrons. The molecule has 0 amide bonds. The van der Waals surface area contributed by atoms with Gasteiger partial charge in [0.05, 0.1) is 36.3 Å². The summed E-state index contributed by atoms with van der Waals surface area (Å²) >= 11 is 6.10. The number of ether oxygens (including phenoxy) is 4. The predicted octanol–water partition coefficient (Wildman–Crippen LogP) is 4.57. The lowest BCUT2D eigenvalue weighted by Crippen LogP contribution is -2.21. The number of fused-ring (bicyclic) bond motifs is 1. The van der Waals surface area contributed by atoms with Gasteiger partial charge in [0.15, 0.2) is 0 Å². The van der Waals surface area contributed by atoms with Crippen LogP contribution in [0.2, 0.25) is 5.02 Å². The van der Waals surface area contributed by atoms with Crippen LogP contribution in [0.5, 0.6) is 17.2 Å². The van der Waals surface area contributed by atoms with Crippen LogP contribution in [-0.2, 0) is 4.74 Å². The van der Waals surface area contributed by atoms with Crippen molar-refractivity contribution in [3.05, 3.63) is 99.4 Å². The van der Waals surface area contributed by atoms with Crippen molar-refractivity contribution in [1.29, 1.82) is 5.26 Å². The highest BCUT2D eigenvalue weighted by atomic mass is 35.5. The summed E-state index contributed by atoms with van der Waals surface area (Å²) in [5.41, 5.74) is 8.25. The van der Waals surface area contributed by atoms with Crippen molar-refractivity contribution in [3.63, 3.8) is 0 Å². The number of hydrogen-bond donors (Lipinski definition) is 1. The van der Waals surface area contributed by atoms with Crippen LogP contribution >= 0.6 is 11.6 Å². The SMILES string of the molecule is COC(=O)c1ccc(C2C(C#N)=C(N)Oc3cc(OC(=O)c4ccc(OC)c(Cl)c4)ccc32)cc1. The van der Waals surface area contributed by atoms with Gasteiger partial charge in [0.1, 0.15) is 28.9 Å². The zero-order chi connectivity index (χ0) is 25.1. The van der Waals surface area contributed by atoms with Crippen LogP contribution in [0.4, 0.5) is 0 Å². The van der Waals surface area contributed by atoms with Gasteiger partial charge in [-0.3, -0.25) is 0 Å². The van der Waals surface area contributed by atoms with Crippen molar-refractivity contribution in [2.24, 2.45) is 5.73 Å². The normalized spacial score (nSPS) is 14.3. The smallest absolute Gasteiger partial charge is 0.343 e. The highest BCUT2D eigenvalue weighted by Gasteiger charge is 2.31. The van der Waals surface area contributed by atoms with Gasteiger partial charge in [0, 0.05) is 11.6 Å². The molecule has 0 saturated carbocycles. The van der Waals surface area contributed by atoms with E-state index in [1.165, 1.54) is 32.4 Å². The summed E-state index contributed by atoms with van der Waals surface area (Å²) in [5.74, 6) is -0.708. The molecule has 35 heavy (non-hydrogen) atoms. The van der Waals surface area contributed by atoms with Crippen molar-refractivity contribution >= 4 is 23.5 Å². The molecule has 3 aromatic rings. The Bertz CT molecular complexity index is 1390. The Morgan fingerprint density at radius 2 is 1.71 bits per heavy atom. The Balaban J connectivity index is 1.65. The minimum Gasteiger partial charge on any atom is -0.495 e. The average molecular weight is 491 g/mol. The molecule has 1 heterocycles. The first-order valence-corrected chi connectivity index (χ1v) is 10.7. The Kier molecular flexibility index (Phi) is 6.62. The topological polar surface area (TPSA) is 121 Å². The summed E-state index contributed by atoms with van der Waals surface area (Å²) in [5, 5.41) is 10.0. The number of allylic oxidation sites excluding steroid dienone is 1. The molecule has 3 aromatic carbocycles. The fourth-order valence-corrected chi connectivity index (χ4v) is 3.99. The zero-order valence-corrected chi connectivity index (χ0v) is 19.5. The van der Waals surface area contributed by atoms with Gasteiger partial charge in [-0.25, -0.2) is 9.59 Å². The number of nitrogens with zero attached hydrogens (tertiary/aromatic N) is 1. The van der Waals surface area contributed by atoms with E-state index in [0.717, 1.165) is 5.56 Å². The molecule has 1 unspecified atom stereocenters. The number of methoxy groups -OCH3 is 2. The van der Waals surface area contributed by atoms with Gasteiger partial charge in [-0.05, 0) is 42.0 Å². The monoisotopic (exact) mass is 490 g/mol. The van der Waals surface area contributed by atoms with Crippen LogP contribution in [0, 0.1) is 11.3 Å². The predicted molar refractivity (Wildman–Crippen MR) is 126 cm³/mol. The number of halogens is 1. The van der Waals surface area contributed by atoms with Crippen LogP contribution in [0.15, 0.2) is 72.1 Å². The quantitative estimate of drug-likeness (QED) is 0.407. The number of nitriles is 1. The van der Waals surface area contributed by atoms with E-state index in [-0.39, 0.29) is 27.8 Å². The van der Waals surface area contributed by atoms with E-state index in [1.807, 2.05) is 0 Å². The fraction of sp³-hybridized carbons (Fsp3) is 0.115. The Morgan fingerprint density at radius 1 is 1.00 bits per heavy atom. The summed E-state index contributed by atoms with van der Waals surface area (Å²) in [7, 11) is 2.78. The van der Waals surface area contributed by atoms with Gasteiger partial charge in [-0.2, -0.15) is 5.26 Å². The molecule has 0 aromatic heterocycles. The van der Waals surface area contributed by atoms with Crippen LogP contribution in [0.1, 0.15) is 37.8 Å². The maximum absolute atomic E-state index is 12.6. The maximum atomic E-state index is 12.6. The largest absolute Gasteiger partial charge is 0.495 e. The molecule has 0 saturated heterocycles. The van der Waals surface area contributed by atoms with E-state index < -0.39 is 17.9 Å². The molecular formula is C26H19ClN2O6. The van der Waals surface area contributed by atoms with Crippen molar-refractivity contribution in [3.8, 4) is 23.3 Å². The third kappa shape index (κ3) is 4.63. The maximum Gasteiger partial charge on any atom is 0.343 e. The summed E-state index contributed by atoms with van der Waals surface area (Å²) in [6.07, 6.45) is 0. The van der Waals surface area contributed by atoms with Crippen molar-refractivity contribution in [1.82, 2.24) is 0 Å². The molecule has 8 nitrogen and oxygen atoms in total. The lowest BCUT2D eigenvalue weighted by molar-refractivity contribution is 0.0600. The van der Waals surface area contributed by atoms with E-state index in [1.54, 1.807) is 42.5 Å². The van der Waals surface area contributed by atoms with Gasteiger partial charge in [-0.1, -0.05) is 29.8 Å². The lowest BCUT2D eigenvalue weighted by Gasteiger charge is -2.26. The Hall–Kier alpha value is -4.48. The molecule has 2 N–H and O–H groups in total. The second kappa shape index (κ2) is 9.79. The minimum atomic E-state index is -0.624. The number of carbonyl (C=O) groups is 2. The zero-order valence-electron chi connectivity index (χ0n) is 18.7. The first-order valence-electron chi connectivity index (χ1n) is 10.3. The van der Waals surface area contributed by atoms with Crippen LogP contribution in [0.3, 0.4) is 0 Å². The van der Waals surface area contributed by atoms with E-state index in [4.69, 9.17) is 36.3 Å². The minimum absolute atomic E-state index is 0.0625. The van der Waals surface area contributed by atoms with Gasteiger partial charge in [-0.15, -0.1) is 0 Å². The summed E-state index contributed by atoms with van der Waals surface area (Å²) in [4.78, 5) is 24.4. The number of hydrogen-bond acceptors (Lipinski definition) is 8. The van der Waals surface area contributed by atoms with Gasteiger partial charge in [0.2, 0.25) is 5.88 Å². The third-order valence-corrected chi connectivity index (χ3v) is 5.75. The molecule has 0 aliphatic carbocycles. The molecule has 1 aliphatic rings. The third-order valence-electron chi connectivity index (χ3n) is 5.45. The molecule has 0 spiro atoms. The number of esters is 2. The summed E-state index contributed by atoms with van der Waals surface area (Å²) in [6.45, 7) is 0. The number of carbonyl (C=O) groups excluding carboxylic acids is 2. The van der Waals surface area contributed by atoms with Crippen molar-refractivity contribution in [2.45, 2.75) is 5.92 Å². The number of nitrogens with two attached hydrogens (primary N) is 1. The van der Waals surface area contributed by atoms with Gasteiger partial charge < -0.3 is 24.7 Å². The summed E-state index contributed by atoms with van der Waals surface area (Å²) < 4.78 is 21.0. The molecule has 1 atom stereocenters.